The predicted octanol–water partition coefficient (Wildman–Crippen LogP) is 2.24. The highest BCUT2D eigenvalue weighted by molar-refractivity contribution is 5.92. The highest BCUT2D eigenvalue weighted by Crippen LogP contribution is 2.18. The van der Waals surface area contributed by atoms with Crippen molar-refractivity contribution in [1.29, 1.82) is 0 Å². The highest BCUT2D eigenvalue weighted by Gasteiger charge is 2.25. The van der Waals surface area contributed by atoms with Crippen LogP contribution in [0.4, 0.5) is 10.1 Å². The molecular formula is C18H20FN3O3. The first kappa shape index (κ1) is 17.0. The smallest absolute Gasteiger partial charge is 0.270 e. The molecule has 1 aromatic carbocycles. The third kappa shape index (κ3) is 3.99. The van der Waals surface area contributed by atoms with Crippen molar-refractivity contribution in [3.63, 3.8) is 0 Å². The zero-order chi connectivity index (χ0) is 17.8. The Labute approximate surface area is 144 Å². The van der Waals surface area contributed by atoms with Crippen LogP contribution in [0.3, 0.4) is 0 Å². The number of amides is 1. The first-order valence-corrected chi connectivity index (χ1v) is 8.15. The number of ether oxygens (including phenoxy) is 1. The van der Waals surface area contributed by atoms with Crippen LogP contribution in [0.2, 0.25) is 0 Å². The minimum atomic E-state index is -0.337. The van der Waals surface area contributed by atoms with Crippen LogP contribution in [-0.4, -0.2) is 42.0 Å². The van der Waals surface area contributed by atoms with Gasteiger partial charge >= 0.3 is 0 Å². The summed E-state index contributed by atoms with van der Waals surface area (Å²) in [5.41, 5.74) is 0.588. The number of aromatic amines is 1. The standard InChI is InChI=1S/C18H20FN3O3/c1-25-17-10-20-15(9-16(17)23)18(24)22-7-3-6-14(11-22)21-13-5-2-4-12(19)8-13/h2,4-5,8-10,14,21H,3,6-7,11H2,1H3,(H,20,23)/t14-/m1/s1. The fourth-order valence-corrected chi connectivity index (χ4v) is 3.01. The van der Waals surface area contributed by atoms with Gasteiger partial charge in [0.1, 0.15) is 11.5 Å². The number of benzene rings is 1. The van der Waals surface area contributed by atoms with E-state index in [1.54, 1.807) is 17.0 Å². The summed E-state index contributed by atoms with van der Waals surface area (Å²) >= 11 is 0. The number of pyridine rings is 1. The van der Waals surface area contributed by atoms with Crippen molar-refractivity contribution in [1.82, 2.24) is 9.88 Å². The topological polar surface area (TPSA) is 74.4 Å². The molecule has 2 heterocycles. The Hall–Kier alpha value is -2.83. The fourth-order valence-electron chi connectivity index (χ4n) is 3.01. The molecule has 3 rings (SSSR count). The van der Waals surface area contributed by atoms with Crippen molar-refractivity contribution in [2.24, 2.45) is 0 Å². The normalized spacial score (nSPS) is 17.2. The molecule has 1 atom stereocenters. The Kier molecular flexibility index (Phi) is 5.02. The van der Waals surface area contributed by atoms with Crippen LogP contribution in [-0.2, 0) is 0 Å². The van der Waals surface area contributed by atoms with E-state index in [9.17, 15) is 14.0 Å². The average molecular weight is 345 g/mol. The van der Waals surface area contributed by atoms with E-state index < -0.39 is 0 Å². The Bertz CT molecular complexity index is 821. The maximum Gasteiger partial charge on any atom is 0.270 e. The fraction of sp³-hybridized carbons (Fsp3) is 0.333. The molecule has 7 heteroatoms. The van der Waals surface area contributed by atoms with E-state index in [4.69, 9.17) is 4.74 Å². The number of likely N-dealkylation sites (tertiary alicyclic amines) is 1. The van der Waals surface area contributed by atoms with Gasteiger partial charge in [-0.25, -0.2) is 4.39 Å². The van der Waals surface area contributed by atoms with Gasteiger partial charge in [-0.3, -0.25) is 9.59 Å². The largest absolute Gasteiger partial charge is 0.491 e. The van der Waals surface area contributed by atoms with Crippen LogP contribution < -0.4 is 15.5 Å². The third-order valence-corrected chi connectivity index (χ3v) is 4.23. The number of carbonyl (C=O) groups excluding carboxylic acids is 1. The molecule has 6 nitrogen and oxygen atoms in total. The van der Waals surface area contributed by atoms with E-state index in [2.05, 4.69) is 10.3 Å². The van der Waals surface area contributed by atoms with E-state index >= 15 is 0 Å². The number of nitrogens with zero attached hydrogens (tertiary/aromatic N) is 1. The van der Waals surface area contributed by atoms with Gasteiger partial charge < -0.3 is 19.9 Å². The zero-order valence-corrected chi connectivity index (χ0v) is 13.9. The van der Waals surface area contributed by atoms with E-state index in [0.717, 1.165) is 12.8 Å². The zero-order valence-electron chi connectivity index (χ0n) is 13.9. The van der Waals surface area contributed by atoms with Gasteiger partial charge in [-0.05, 0) is 31.0 Å². The van der Waals surface area contributed by atoms with Gasteiger partial charge in [0.15, 0.2) is 5.75 Å². The van der Waals surface area contributed by atoms with Crippen LogP contribution in [0.1, 0.15) is 23.3 Å². The molecule has 0 aliphatic carbocycles. The molecule has 1 aliphatic rings. The second-order valence-electron chi connectivity index (χ2n) is 6.02. The number of hydrogen-bond acceptors (Lipinski definition) is 4. The van der Waals surface area contributed by atoms with Gasteiger partial charge in [0.05, 0.1) is 7.11 Å². The van der Waals surface area contributed by atoms with Gasteiger partial charge in [0, 0.05) is 37.1 Å². The molecule has 0 unspecified atom stereocenters. The number of nitrogens with one attached hydrogen (secondary N) is 2. The molecule has 1 fully saturated rings. The SMILES string of the molecule is COc1c[nH]c(C(=O)N2CCC[C@@H](Nc3cccc(F)c3)C2)cc1=O. The van der Waals surface area contributed by atoms with Gasteiger partial charge in [-0.15, -0.1) is 0 Å². The lowest BCUT2D eigenvalue weighted by Gasteiger charge is -2.33. The molecule has 1 aliphatic heterocycles. The highest BCUT2D eigenvalue weighted by atomic mass is 19.1. The summed E-state index contributed by atoms with van der Waals surface area (Å²) in [6.45, 7) is 1.11. The molecule has 0 saturated carbocycles. The van der Waals surface area contributed by atoms with Crippen molar-refractivity contribution in [3.8, 4) is 5.75 Å². The van der Waals surface area contributed by atoms with Crippen molar-refractivity contribution >= 4 is 11.6 Å². The molecule has 1 aromatic heterocycles. The lowest BCUT2D eigenvalue weighted by atomic mass is 10.0. The molecule has 0 bridgehead atoms. The van der Waals surface area contributed by atoms with Gasteiger partial charge in [-0.2, -0.15) is 0 Å². The number of anilines is 1. The van der Waals surface area contributed by atoms with Gasteiger partial charge in [0.2, 0.25) is 5.43 Å². The van der Waals surface area contributed by atoms with E-state index in [1.165, 1.54) is 31.5 Å². The van der Waals surface area contributed by atoms with E-state index in [-0.39, 0.29) is 34.6 Å². The van der Waals surface area contributed by atoms with Gasteiger partial charge in [-0.1, -0.05) is 6.07 Å². The summed E-state index contributed by atoms with van der Waals surface area (Å²) in [6, 6.07) is 7.55. The lowest BCUT2D eigenvalue weighted by molar-refractivity contribution is 0.0708. The number of aromatic nitrogens is 1. The first-order chi connectivity index (χ1) is 12.1. The third-order valence-electron chi connectivity index (χ3n) is 4.23. The molecule has 1 saturated heterocycles. The van der Waals surface area contributed by atoms with Gasteiger partial charge in [0.25, 0.3) is 5.91 Å². The maximum absolute atomic E-state index is 13.3. The number of piperidine rings is 1. The van der Waals surface area contributed by atoms with Crippen LogP contribution >= 0.6 is 0 Å². The summed E-state index contributed by atoms with van der Waals surface area (Å²) in [4.78, 5) is 29.0. The molecular weight excluding hydrogens is 325 g/mol. The average Bonchev–Trinajstić information content (AvgIpc) is 2.61. The van der Waals surface area contributed by atoms with E-state index in [0.29, 0.717) is 18.8 Å². The minimum absolute atomic E-state index is 0.0319. The second kappa shape index (κ2) is 7.38. The maximum atomic E-state index is 13.3. The Balaban J connectivity index is 1.69. The molecule has 132 valence electrons. The summed E-state index contributed by atoms with van der Waals surface area (Å²) in [5, 5.41) is 3.26. The lowest BCUT2D eigenvalue weighted by Crippen LogP contribution is -2.45. The number of methoxy groups -OCH3 is 1. The summed E-state index contributed by atoms with van der Waals surface area (Å²) in [7, 11) is 1.40. The number of H-pyrrole nitrogens is 1. The van der Waals surface area contributed by atoms with Crippen molar-refractivity contribution < 1.29 is 13.9 Å². The second-order valence-corrected chi connectivity index (χ2v) is 6.02. The summed E-state index contributed by atoms with van der Waals surface area (Å²) in [6.07, 6.45) is 3.11. The van der Waals surface area contributed by atoms with Crippen molar-refractivity contribution in [2.75, 3.05) is 25.5 Å². The number of rotatable bonds is 4. The Morgan fingerprint density at radius 2 is 2.24 bits per heavy atom. The molecule has 2 aromatic rings. The molecule has 0 radical (unpaired) electrons. The Morgan fingerprint density at radius 3 is 2.96 bits per heavy atom. The molecule has 0 spiro atoms. The summed E-state index contributed by atoms with van der Waals surface area (Å²) < 4.78 is 18.2. The van der Waals surface area contributed by atoms with Crippen LogP contribution in [0.5, 0.6) is 5.75 Å². The minimum Gasteiger partial charge on any atom is -0.491 e. The van der Waals surface area contributed by atoms with Crippen LogP contribution in [0.25, 0.3) is 0 Å². The van der Waals surface area contributed by atoms with Crippen LogP contribution in [0.15, 0.2) is 41.3 Å². The van der Waals surface area contributed by atoms with Crippen LogP contribution in [0, 0.1) is 5.82 Å². The monoisotopic (exact) mass is 345 g/mol. The molecule has 2 N–H and O–H groups in total. The first-order valence-electron chi connectivity index (χ1n) is 8.15. The number of halogens is 1. The predicted molar refractivity (Wildman–Crippen MR) is 92.6 cm³/mol. The molecule has 25 heavy (non-hydrogen) atoms. The summed E-state index contributed by atoms with van der Waals surface area (Å²) in [5.74, 6) is -0.365. The van der Waals surface area contributed by atoms with Crippen molar-refractivity contribution in [3.05, 3.63) is 58.3 Å². The quantitative estimate of drug-likeness (QED) is 0.891. The van der Waals surface area contributed by atoms with E-state index in [1.807, 2.05) is 0 Å². The van der Waals surface area contributed by atoms with Crippen molar-refractivity contribution in [2.45, 2.75) is 18.9 Å². The number of hydrogen-bond donors (Lipinski definition) is 2. The molecule has 1 amide bonds. The number of carbonyl (C=O) groups is 1. The Morgan fingerprint density at radius 1 is 1.40 bits per heavy atom.